The summed E-state index contributed by atoms with van der Waals surface area (Å²) in [7, 11) is 0. The molecule has 17 heavy (non-hydrogen) atoms. The fourth-order valence-corrected chi connectivity index (χ4v) is 1.65. The molecule has 1 atom stereocenters. The van der Waals surface area contributed by atoms with Gasteiger partial charge in [-0.3, -0.25) is 5.32 Å². The van der Waals surface area contributed by atoms with Crippen LogP contribution in [-0.4, -0.2) is 13.2 Å². The predicted octanol–water partition coefficient (Wildman–Crippen LogP) is 1.83. The molecule has 0 spiro atoms. The average Bonchev–Trinajstić information content (AvgIpc) is 2.36. The molecular weight excluding hydrogens is 240 g/mol. The topological polar surface area (TPSA) is 47.3 Å². The minimum atomic E-state index is -1.60. The van der Waals surface area contributed by atoms with Gasteiger partial charge in [-0.1, -0.05) is 0 Å². The third-order valence-electron chi connectivity index (χ3n) is 2.53. The van der Waals surface area contributed by atoms with Crippen LogP contribution in [0.1, 0.15) is 18.2 Å². The largest absolute Gasteiger partial charge is 0.394 e. The van der Waals surface area contributed by atoms with Gasteiger partial charge in [0.25, 0.3) is 0 Å². The second kappa shape index (κ2) is 4.50. The highest BCUT2D eigenvalue weighted by Crippen LogP contribution is 2.31. The maximum atomic E-state index is 13.5. The molecule has 1 heterocycles. The summed E-state index contributed by atoms with van der Waals surface area (Å²) in [5.74, 6) is -6.26. The van der Waals surface area contributed by atoms with Gasteiger partial charge in [0.1, 0.15) is 11.9 Å². The molecule has 0 radical (unpaired) electrons. The Balaban J connectivity index is 2.52. The molecule has 1 fully saturated rings. The number of halogens is 4. The first kappa shape index (κ1) is 12.1. The van der Waals surface area contributed by atoms with Crippen molar-refractivity contribution in [1.82, 2.24) is 5.32 Å². The van der Waals surface area contributed by atoms with Crippen molar-refractivity contribution in [1.29, 1.82) is 0 Å². The van der Waals surface area contributed by atoms with Gasteiger partial charge in [0.2, 0.25) is 0 Å². The van der Waals surface area contributed by atoms with E-state index in [1.807, 2.05) is 0 Å². The lowest BCUT2D eigenvalue weighted by Crippen LogP contribution is -2.33. The number of benzene rings is 1. The highest BCUT2D eigenvalue weighted by atomic mass is 19.2. The summed E-state index contributed by atoms with van der Waals surface area (Å²) in [6, 6.07) is 0. The van der Waals surface area contributed by atoms with Gasteiger partial charge in [-0.05, 0) is 6.42 Å². The number of rotatable bonds is 1. The average molecular weight is 250 g/mol. The SMILES string of the molecule is Nc1c(F)c(F)c(C2NCCCO2)c(F)c1F. The molecular formula is C10H10F4N2O. The molecule has 2 rings (SSSR count). The number of anilines is 1. The third kappa shape index (κ3) is 1.96. The minimum Gasteiger partial charge on any atom is -0.394 e. The Kier molecular flexibility index (Phi) is 3.21. The van der Waals surface area contributed by atoms with Crippen LogP contribution in [0.15, 0.2) is 0 Å². The van der Waals surface area contributed by atoms with Crippen molar-refractivity contribution < 1.29 is 22.3 Å². The lowest BCUT2D eigenvalue weighted by molar-refractivity contribution is -0.00541. The number of hydrogen-bond acceptors (Lipinski definition) is 3. The van der Waals surface area contributed by atoms with Gasteiger partial charge in [0, 0.05) is 6.54 Å². The van der Waals surface area contributed by atoms with E-state index in [1.54, 1.807) is 0 Å². The summed E-state index contributed by atoms with van der Waals surface area (Å²) < 4.78 is 58.4. The van der Waals surface area contributed by atoms with E-state index < -0.39 is 40.7 Å². The van der Waals surface area contributed by atoms with E-state index in [0.717, 1.165) is 0 Å². The normalized spacial score (nSPS) is 20.6. The number of nitrogens with two attached hydrogens (primary N) is 1. The zero-order valence-corrected chi connectivity index (χ0v) is 8.70. The van der Waals surface area contributed by atoms with Crippen LogP contribution in [0.3, 0.4) is 0 Å². The molecule has 3 nitrogen and oxygen atoms in total. The summed E-state index contributed by atoms with van der Waals surface area (Å²) in [4.78, 5) is 0. The third-order valence-corrected chi connectivity index (χ3v) is 2.53. The minimum absolute atomic E-state index is 0.254. The molecule has 94 valence electrons. The molecule has 0 aliphatic carbocycles. The van der Waals surface area contributed by atoms with Crippen molar-refractivity contribution in [3.63, 3.8) is 0 Å². The van der Waals surface area contributed by atoms with Crippen LogP contribution in [0.4, 0.5) is 23.2 Å². The van der Waals surface area contributed by atoms with E-state index in [9.17, 15) is 17.6 Å². The van der Waals surface area contributed by atoms with E-state index in [-0.39, 0.29) is 6.61 Å². The first-order chi connectivity index (χ1) is 8.04. The second-order valence-electron chi connectivity index (χ2n) is 3.64. The molecule has 1 saturated heterocycles. The van der Waals surface area contributed by atoms with Gasteiger partial charge < -0.3 is 10.5 Å². The highest BCUT2D eigenvalue weighted by molar-refractivity contribution is 5.45. The fourth-order valence-electron chi connectivity index (χ4n) is 1.65. The van der Waals surface area contributed by atoms with E-state index >= 15 is 0 Å². The first-order valence-corrected chi connectivity index (χ1v) is 5.00. The Hall–Kier alpha value is -1.34. The number of ether oxygens (including phenoxy) is 1. The molecule has 3 N–H and O–H groups in total. The van der Waals surface area contributed by atoms with Crippen molar-refractivity contribution in [3.8, 4) is 0 Å². The molecule has 0 aromatic heterocycles. The zero-order chi connectivity index (χ0) is 12.6. The molecule has 7 heteroatoms. The summed E-state index contributed by atoms with van der Waals surface area (Å²) >= 11 is 0. The molecule has 0 saturated carbocycles. The Labute approximate surface area is 94.6 Å². The Morgan fingerprint density at radius 2 is 1.65 bits per heavy atom. The standard InChI is InChI=1S/C10H10F4N2O/c11-5-4(10-16-2-1-3-17-10)6(12)8(14)9(15)7(5)13/h10,16H,1-3,15H2. The van der Waals surface area contributed by atoms with Crippen LogP contribution in [0, 0.1) is 23.3 Å². The molecule has 0 bridgehead atoms. The van der Waals surface area contributed by atoms with Gasteiger partial charge in [-0.25, -0.2) is 17.6 Å². The number of hydrogen-bond donors (Lipinski definition) is 2. The van der Waals surface area contributed by atoms with Crippen molar-refractivity contribution in [2.75, 3.05) is 18.9 Å². The Morgan fingerprint density at radius 3 is 2.12 bits per heavy atom. The monoisotopic (exact) mass is 250 g/mol. The number of nitrogen functional groups attached to an aromatic ring is 1. The molecule has 1 aliphatic rings. The maximum Gasteiger partial charge on any atom is 0.185 e. The van der Waals surface area contributed by atoms with Crippen LogP contribution in [0.25, 0.3) is 0 Å². The smallest absolute Gasteiger partial charge is 0.185 e. The lowest BCUT2D eigenvalue weighted by Gasteiger charge is -2.25. The highest BCUT2D eigenvalue weighted by Gasteiger charge is 2.30. The molecule has 1 aromatic carbocycles. The second-order valence-corrected chi connectivity index (χ2v) is 3.64. The number of nitrogens with one attached hydrogen (secondary N) is 1. The summed E-state index contributed by atoms with van der Waals surface area (Å²) in [6.07, 6.45) is -0.548. The molecule has 1 aliphatic heterocycles. The molecule has 1 unspecified atom stereocenters. The van der Waals surface area contributed by atoms with Crippen LogP contribution >= 0.6 is 0 Å². The predicted molar refractivity (Wildman–Crippen MR) is 52.0 cm³/mol. The Morgan fingerprint density at radius 1 is 1.06 bits per heavy atom. The summed E-state index contributed by atoms with van der Waals surface area (Å²) in [5, 5.41) is 2.61. The molecule has 0 amide bonds. The van der Waals surface area contributed by atoms with Gasteiger partial charge in [-0.15, -0.1) is 0 Å². The van der Waals surface area contributed by atoms with E-state index in [1.165, 1.54) is 0 Å². The van der Waals surface area contributed by atoms with E-state index in [0.29, 0.717) is 13.0 Å². The van der Waals surface area contributed by atoms with Crippen LogP contribution in [-0.2, 0) is 4.74 Å². The van der Waals surface area contributed by atoms with Crippen molar-refractivity contribution in [3.05, 3.63) is 28.8 Å². The quantitative estimate of drug-likeness (QED) is 0.454. The van der Waals surface area contributed by atoms with E-state index in [4.69, 9.17) is 10.5 Å². The van der Waals surface area contributed by atoms with Crippen molar-refractivity contribution in [2.24, 2.45) is 0 Å². The van der Waals surface area contributed by atoms with Crippen LogP contribution in [0.5, 0.6) is 0 Å². The first-order valence-electron chi connectivity index (χ1n) is 5.00. The summed E-state index contributed by atoms with van der Waals surface area (Å²) in [6.45, 7) is 0.696. The van der Waals surface area contributed by atoms with Crippen molar-refractivity contribution >= 4 is 5.69 Å². The van der Waals surface area contributed by atoms with Gasteiger partial charge >= 0.3 is 0 Å². The van der Waals surface area contributed by atoms with Gasteiger partial charge in [-0.2, -0.15) is 0 Å². The Bertz CT molecular complexity index is 417. The summed E-state index contributed by atoms with van der Waals surface area (Å²) in [5.41, 5.74) is 2.91. The lowest BCUT2D eigenvalue weighted by atomic mass is 10.1. The van der Waals surface area contributed by atoms with Crippen molar-refractivity contribution in [2.45, 2.75) is 12.6 Å². The fraction of sp³-hybridized carbons (Fsp3) is 0.400. The molecule has 1 aromatic rings. The zero-order valence-electron chi connectivity index (χ0n) is 8.70. The van der Waals surface area contributed by atoms with Crippen LogP contribution < -0.4 is 11.1 Å². The van der Waals surface area contributed by atoms with Crippen LogP contribution in [0.2, 0.25) is 0 Å². The van der Waals surface area contributed by atoms with Gasteiger partial charge in [0.15, 0.2) is 23.3 Å². The van der Waals surface area contributed by atoms with E-state index in [2.05, 4.69) is 5.32 Å². The van der Waals surface area contributed by atoms with Gasteiger partial charge in [0.05, 0.1) is 12.2 Å². The maximum absolute atomic E-state index is 13.5.